The molecule has 3 fully saturated rings. The minimum atomic E-state index is -0.881. The molecule has 7 atom stereocenters. The molecule has 2 aromatic carbocycles. The quantitative estimate of drug-likeness (QED) is 0.284. The number of imide groups is 1. The van der Waals surface area contributed by atoms with Gasteiger partial charge in [-0.1, -0.05) is 49.4 Å². The van der Waals surface area contributed by atoms with Crippen LogP contribution < -0.4 is 4.90 Å². The van der Waals surface area contributed by atoms with E-state index < -0.39 is 12.1 Å². The minimum absolute atomic E-state index is 0.130. The highest BCUT2D eigenvalue weighted by atomic mass is 16.5. The van der Waals surface area contributed by atoms with Gasteiger partial charge in [-0.25, -0.2) is 4.79 Å². The first-order chi connectivity index (χ1) is 16.5. The Kier molecular flexibility index (Phi) is 4.80. The lowest BCUT2D eigenvalue weighted by atomic mass is 9.63. The van der Waals surface area contributed by atoms with Gasteiger partial charge >= 0.3 is 5.97 Å². The fraction of sp³-hybridized carbons (Fsp3) is 0.357. The van der Waals surface area contributed by atoms with Crippen LogP contribution in [0.4, 0.5) is 5.69 Å². The number of Topliss-reactive ketones (excluding diaryl/α,β-unsaturated/α-hetero) is 1. The monoisotopic (exact) mass is 455 g/mol. The van der Waals surface area contributed by atoms with Gasteiger partial charge in [-0.2, -0.15) is 0 Å². The summed E-state index contributed by atoms with van der Waals surface area (Å²) < 4.78 is 5.50. The van der Waals surface area contributed by atoms with Crippen LogP contribution in [0.15, 0.2) is 66.7 Å². The van der Waals surface area contributed by atoms with Crippen molar-refractivity contribution in [2.45, 2.75) is 25.9 Å². The number of benzene rings is 2. The zero-order valence-corrected chi connectivity index (χ0v) is 18.8. The molecule has 7 rings (SSSR count). The van der Waals surface area contributed by atoms with E-state index in [4.69, 9.17) is 4.74 Å². The van der Waals surface area contributed by atoms with Crippen LogP contribution in [0.1, 0.15) is 40.5 Å². The van der Waals surface area contributed by atoms with Crippen molar-refractivity contribution in [3.05, 3.63) is 77.9 Å². The molecule has 0 N–H and O–H groups in total. The van der Waals surface area contributed by atoms with Gasteiger partial charge in [0.2, 0.25) is 17.6 Å². The van der Waals surface area contributed by atoms with Crippen LogP contribution in [0.5, 0.6) is 0 Å². The van der Waals surface area contributed by atoms with Crippen molar-refractivity contribution in [1.82, 2.24) is 0 Å². The van der Waals surface area contributed by atoms with Gasteiger partial charge in [0.25, 0.3) is 0 Å². The molecule has 0 radical (unpaired) electrons. The Morgan fingerprint density at radius 3 is 2.03 bits per heavy atom. The molecule has 34 heavy (non-hydrogen) atoms. The SMILES string of the molecule is CC[C@H](OC(=O)c1ccc(N2C(=O)[C@@H]3[C@H]4C=C[C@@H]([C@@H]5C[C@H]45)[C@H]3C2=O)cc1)C(=O)c1ccccc1. The Morgan fingerprint density at radius 2 is 1.47 bits per heavy atom. The molecular formula is C28H25NO5. The third kappa shape index (κ3) is 3.08. The maximum atomic E-state index is 13.3. The number of amides is 2. The van der Waals surface area contributed by atoms with Crippen LogP contribution in [0.2, 0.25) is 0 Å². The Bertz CT molecular complexity index is 1180. The third-order valence-electron chi connectivity index (χ3n) is 7.99. The number of carbonyl (C=O) groups is 4. The van der Waals surface area contributed by atoms with Crippen molar-refractivity contribution in [1.29, 1.82) is 0 Å². The first kappa shape index (κ1) is 21.0. The highest BCUT2D eigenvalue weighted by Crippen LogP contribution is 2.65. The van der Waals surface area contributed by atoms with E-state index in [0.717, 1.165) is 6.42 Å². The van der Waals surface area contributed by atoms with Crippen molar-refractivity contribution in [2.24, 2.45) is 35.5 Å². The number of carbonyl (C=O) groups excluding carboxylic acids is 4. The van der Waals surface area contributed by atoms with Gasteiger partial charge in [0.05, 0.1) is 23.1 Å². The third-order valence-corrected chi connectivity index (χ3v) is 7.99. The lowest BCUT2D eigenvalue weighted by molar-refractivity contribution is -0.124. The summed E-state index contributed by atoms with van der Waals surface area (Å²) in [6, 6.07) is 15.1. The van der Waals surface area contributed by atoms with Gasteiger partial charge in [-0.05, 0) is 60.8 Å². The van der Waals surface area contributed by atoms with Crippen LogP contribution in [0.25, 0.3) is 0 Å². The Labute approximate surface area is 197 Å². The number of hydrogen-bond acceptors (Lipinski definition) is 5. The molecule has 2 amide bonds. The molecule has 6 nitrogen and oxygen atoms in total. The van der Waals surface area contributed by atoms with Gasteiger partial charge in [0.1, 0.15) is 0 Å². The van der Waals surface area contributed by atoms with Gasteiger partial charge < -0.3 is 4.74 Å². The Hall–Kier alpha value is -3.54. The number of ether oxygens (including phenoxy) is 1. The minimum Gasteiger partial charge on any atom is -0.450 e. The van der Waals surface area contributed by atoms with Crippen molar-refractivity contribution >= 4 is 29.3 Å². The molecule has 1 saturated heterocycles. The number of rotatable bonds is 6. The first-order valence-electron chi connectivity index (χ1n) is 12.0. The lowest BCUT2D eigenvalue weighted by Crippen LogP contribution is -2.40. The second-order valence-electron chi connectivity index (χ2n) is 9.75. The number of anilines is 1. The van der Waals surface area contributed by atoms with E-state index in [0.29, 0.717) is 29.5 Å². The van der Waals surface area contributed by atoms with Gasteiger partial charge in [0, 0.05) is 5.56 Å². The van der Waals surface area contributed by atoms with Crippen molar-refractivity contribution in [3.8, 4) is 0 Å². The van der Waals surface area contributed by atoms with Crippen LogP contribution in [0.3, 0.4) is 0 Å². The smallest absolute Gasteiger partial charge is 0.338 e. The van der Waals surface area contributed by atoms with Crippen molar-refractivity contribution < 1.29 is 23.9 Å². The van der Waals surface area contributed by atoms with E-state index in [1.165, 1.54) is 4.90 Å². The largest absolute Gasteiger partial charge is 0.450 e. The first-order valence-corrected chi connectivity index (χ1v) is 12.0. The summed E-state index contributed by atoms with van der Waals surface area (Å²) in [7, 11) is 0. The molecule has 172 valence electrons. The van der Waals surface area contributed by atoms with Crippen molar-refractivity contribution in [3.63, 3.8) is 0 Å². The molecule has 0 spiro atoms. The van der Waals surface area contributed by atoms with Crippen LogP contribution in [-0.2, 0) is 14.3 Å². The Morgan fingerprint density at radius 1 is 0.882 bits per heavy atom. The second-order valence-corrected chi connectivity index (χ2v) is 9.75. The summed E-state index contributed by atoms with van der Waals surface area (Å²) in [6.45, 7) is 1.79. The van der Waals surface area contributed by atoms with Crippen LogP contribution in [0, 0.1) is 35.5 Å². The predicted molar refractivity (Wildman–Crippen MR) is 124 cm³/mol. The zero-order chi connectivity index (χ0) is 23.6. The number of nitrogens with zero attached hydrogens (tertiary/aromatic N) is 1. The summed E-state index contributed by atoms with van der Waals surface area (Å²) >= 11 is 0. The molecule has 1 heterocycles. The van der Waals surface area contributed by atoms with E-state index in [1.807, 2.05) is 6.07 Å². The average Bonchev–Trinajstić information content (AvgIpc) is 3.65. The molecule has 0 aromatic heterocycles. The van der Waals surface area contributed by atoms with E-state index in [9.17, 15) is 19.2 Å². The van der Waals surface area contributed by atoms with E-state index in [2.05, 4.69) is 12.2 Å². The summed E-state index contributed by atoms with van der Waals surface area (Å²) in [5, 5.41) is 0. The van der Waals surface area contributed by atoms with Crippen molar-refractivity contribution in [2.75, 3.05) is 4.90 Å². The second kappa shape index (κ2) is 7.76. The maximum Gasteiger partial charge on any atom is 0.338 e. The van der Waals surface area contributed by atoms with Gasteiger partial charge in [0.15, 0.2) is 6.10 Å². The number of hydrogen-bond donors (Lipinski definition) is 0. The van der Waals surface area contributed by atoms with E-state index in [1.54, 1.807) is 55.5 Å². The average molecular weight is 456 g/mol. The molecule has 6 heteroatoms. The maximum absolute atomic E-state index is 13.3. The van der Waals surface area contributed by atoms with Crippen LogP contribution in [-0.4, -0.2) is 29.7 Å². The summed E-state index contributed by atoms with van der Waals surface area (Å²) in [5.41, 5.74) is 1.23. The molecule has 2 saturated carbocycles. The molecule has 2 aromatic rings. The number of ketones is 1. The zero-order valence-electron chi connectivity index (χ0n) is 18.8. The summed E-state index contributed by atoms with van der Waals surface area (Å²) in [4.78, 5) is 53.2. The molecular weight excluding hydrogens is 430 g/mol. The summed E-state index contributed by atoms with van der Waals surface area (Å²) in [5.74, 6) is -0.194. The highest BCUT2D eigenvalue weighted by Gasteiger charge is 2.67. The molecule has 5 aliphatic rings. The van der Waals surface area contributed by atoms with Gasteiger partial charge in [-0.3, -0.25) is 19.3 Å². The van der Waals surface area contributed by atoms with Gasteiger partial charge in [-0.15, -0.1) is 0 Å². The standard InChI is InChI=1S/C28H25NO5/c1-2-22(25(30)15-6-4-3-5-7-15)34-28(33)16-8-10-17(11-9-16)29-26(31)23-18-12-13-19(21-14-20(18)21)24(23)27(29)32/h3-13,18-24H,2,14H2,1H3/t18-,19-,20-,21+,22-,23+,24+/m0/s1. The Balaban J connectivity index is 1.18. The van der Waals surface area contributed by atoms with Crippen LogP contribution >= 0.6 is 0 Å². The lowest BCUT2D eigenvalue weighted by Gasteiger charge is -2.37. The predicted octanol–water partition coefficient (Wildman–Crippen LogP) is 4.06. The topological polar surface area (TPSA) is 80.8 Å². The number of esters is 1. The normalized spacial score (nSPS) is 31.1. The number of allylic oxidation sites excluding steroid dienone is 2. The van der Waals surface area contributed by atoms with E-state index in [-0.39, 0.29) is 46.8 Å². The summed E-state index contributed by atoms with van der Waals surface area (Å²) in [6.07, 6.45) is 4.89. The van der Waals surface area contributed by atoms with E-state index >= 15 is 0 Å². The fourth-order valence-corrected chi connectivity index (χ4v) is 6.27. The fourth-order valence-electron chi connectivity index (χ4n) is 6.27. The molecule has 4 aliphatic carbocycles. The molecule has 0 unspecified atom stereocenters. The highest BCUT2D eigenvalue weighted by molar-refractivity contribution is 6.22. The molecule has 2 bridgehead atoms. The molecule has 1 aliphatic heterocycles.